The van der Waals surface area contributed by atoms with Crippen molar-refractivity contribution in [2.24, 2.45) is 4.99 Å². The van der Waals surface area contributed by atoms with Crippen LogP contribution in [0.1, 0.15) is 12.5 Å². The van der Waals surface area contributed by atoms with E-state index in [1.165, 1.54) is 0 Å². The fourth-order valence-electron chi connectivity index (χ4n) is 1.44. The molecule has 0 fully saturated rings. The predicted octanol–water partition coefficient (Wildman–Crippen LogP) is 3.27. The molecule has 0 aromatic heterocycles. The van der Waals surface area contributed by atoms with Gasteiger partial charge in [-0.15, -0.1) is 0 Å². The molecule has 0 bridgehead atoms. The second kappa shape index (κ2) is 4.54. The fraction of sp³-hybridized carbons (Fsp3) is 0.364. The first kappa shape index (κ1) is 11.0. The van der Waals surface area contributed by atoms with Gasteiger partial charge < -0.3 is 4.74 Å². The van der Waals surface area contributed by atoms with Gasteiger partial charge in [-0.05, 0) is 31.2 Å². The first-order valence-electron chi connectivity index (χ1n) is 4.77. The van der Waals surface area contributed by atoms with Crippen molar-refractivity contribution >= 4 is 33.4 Å². The van der Waals surface area contributed by atoms with Gasteiger partial charge in [0.05, 0.1) is 0 Å². The van der Waals surface area contributed by atoms with E-state index in [-0.39, 0.29) is 12.1 Å². The second-order valence-corrected chi connectivity index (χ2v) is 4.57. The highest BCUT2D eigenvalue weighted by Gasteiger charge is 2.26. The van der Waals surface area contributed by atoms with E-state index in [4.69, 9.17) is 16.3 Å². The summed E-state index contributed by atoms with van der Waals surface area (Å²) in [5.41, 5.74) is 0.981. The number of alkyl halides is 1. The Labute approximate surface area is 102 Å². The van der Waals surface area contributed by atoms with E-state index >= 15 is 0 Å². The number of hydrogen-bond donors (Lipinski definition) is 0. The van der Waals surface area contributed by atoms with Crippen LogP contribution >= 0.6 is 27.5 Å². The zero-order valence-electron chi connectivity index (χ0n) is 8.28. The zero-order valence-corrected chi connectivity index (χ0v) is 10.6. The Morgan fingerprint density at radius 1 is 1.40 bits per heavy atom. The summed E-state index contributed by atoms with van der Waals surface area (Å²) in [4.78, 5) is 4.49. The van der Waals surface area contributed by atoms with Crippen LogP contribution in [0.25, 0.3) is 0 Å². The first-order chi connectivity index (χ1) is 7.20. The summed E-state index contributed by atoms with van der Waals surface area (Å²) in [5.74, 6) is 0.712. The molecule has 80 valence electrons. The van der Waals surface area contributed by atoms with E-state index < -0.39 is 0 Å². The molecule has 4 heteroatoms. The molecule has 15 heavy (non-hydrogen) atoms. The zero-order chi connectivity index (χ0) is 10.8. The van der Waals surface area contributed by atoms with E-state index in [0.29, 0.717) is 5.90 Å². The van der Waals surface area contributed by atoms with Gasteiger partial charge in [-0.2, -0.15) is 0 Å². The number of aliphatic imine (C=N–C) groups is 1. The molecule has 2 nitrogen and oxygen atoms in total. The highest BCUT2D eigenvalue weighted by atomic mass is 79.9. The Hall–Kier alpha value is -0.540. The smallest absolute Gasteiger partial charge is 0.216 e. The van der Waals surface area contributed by atoms with Gasteiger partial charge in [0, 0.05) is 15.9 Å². The molecule has 2 rings (SSSR count). The Kier molecular flexibility index (Phi) is 3.32. The van der Waals surface area contributed by atoms with E-state index in [9.17, 15) is 0 Å². The Bertz CT molecular complexity index is 377. The maximum atomic E-state index is 5.81. The molecule has 0 N–H and O–H groups in total. The van der Waals surface area contributed by atoms with Crippen LogP contribution in [-0.2, 0) is 4.74 Å². The van der Waals surface area contributed by atoms with Crippen molar-refractivity contribution in [2.45, 2.75) is 19.1 Å². The second-order valence-electron chi connectivity index (χ2n) is 3.49. The van der Waals surface area contributed by atoms with Crippen molar-refractivity contribution in [3.63, 3.8) is 0 Å². The van der Waals surface area contributed by atoms with E-state index in [2.05, 4.69) is 20.9 Å². The molecule has 2 unspecified atom stereocenters. The van der Waals surface area contributed by atoms with Crippen LogP contribution in [0.15, 0.2) is 29.3 Å². The summed E-state index contributed by atoms with van der Waals surface area (Å²) in [7, 11) is 0. The molecule has 2 atom stereocenters. The first-order valence-corrected chi connectivity index (χ1v) is 6.27. The molecule has 1 aliphatic heterocycles. The van der Waals surface area contributed by atoms with Gasteiger partial charge >= 0.3 is 0 Å². The lowest BCUT2D eigenvalue weighted by Gasteiger charge is -2.09. The van der Waals surface area contributed by atoms with Crippen LogP contribution in [0.5, 0.6) is 0 Å². The molecule has 0 radical (unpaired) electrons. The van der Waals surface area contributed by atoms with Crippen molar-refractivity contribution in [3.8, 4) is 0 Å². The highest BCUT2D eigenvalue weighted by Crippen LogP contribution is 2.20. The summed E-state index contributed by atoms with van der Waals surface area (Å²) in [5, 5.41) is 1.55. The number of halogens is 2. The molecule has 1 aliphatic rings. The van der Waals surface area contributed by atoms with Gasteiger partial charge in [-0.1, -0.05) is 27.5 Å². The standard InChI is InChI=1S/C11H11BrClNO/c1-7-10(6-12)14-11(15-7)8-2-4-9(13)5-3-8/h2-5,7,10H,6H2,1H3. The lowest BCUT2D eigenvalue weighted by atomic mass is 10.2. The van der Waals surface area contributed by atoms with Crippen LogP contribution in [0.3, 0.4) is 0 Å². The lowest BCUT2D eigenvalue weighted by Crippen LogP contribution is -2.19. The third-order valence-electron chi connectivity index (χ3n) is 2.37. The van der Waals surface area contributed by atoms with Crippen molar-refractivity contribution in [1.29, 1.82) is 0 Å². The number of nitrogens with zero attached hydrogens (tertiary/aromatic N) is 1. The largest absolute Gasteiger partial charge is 0.472 e. The molecule has 1 aromatic rings. The van der Waals surface area contributed by atoms with Crippen molar-refractivity contribution in [1.82, 2.24) is 0 Å². The number of benzene rings is 1. The van der Waals surface area contributed by atoms with Gasteiger partial charge in [-0.3, -0.25) is 0 Å². The molecule has 0 spiro atoms. The van der Waals surface area contributed by atoms with Crippen LogP contribution in [0.4, 0.5) is 0 Å². The van der Waals surface area contributed by atoms with Gasteiger partial charge in [0.1, 0.15) is 12.1 Å². The summed E-state index contributed by atoms with van der Waals surface area (Å²) in [6, 6.07) is 7.73. The normalized spacial score (nSPS) is 24.9. The van der Waals surface area contributed by atoms with Gasteiger partial charge in [0.2, 0.25) is 5.90 Å². The minimum Gasteiger partial charge on any atom is -0.472 e. The highest BCUT2D eigenvalue weighted by molar-refractivity contribution is 9.09. The van der Waals surface area contributed by atoms with Gasteiger partial charge in [-0.25, -0.2) is 4.99 Å². The molecular weight excluding hydrogens is 277 g/mol. The Balaban J connectivity index is 2.22. The van der Waals surface area contributed by atoms with Gasteiger partial charge in [0.25, 0.3) is 0 Å². The van der Waals surface area contributed by atoms with Crippen molar-refractivity contribution in [2.75, 3.05) is 5.33 Å². The number of hydrogen-bond acceptors (Lipinski definition) is 2. The average molecular weight is 289 g/mol. The monoisotopic (exact) mass is 287 g/mol. The number of rotatable bonds is 2. The van der Waals surface area contributed by atoms with Crippen LogP contribution in [-0.4, -0.2) is 23.4 Å². The Morgan fingerprint density at radius 3 is 2.60 bits per heavy atom. The van der Waals surface area contributed by atoms with Gasteiger partial charge in [0.15, 0.2) is 0 Å². The predicted molar refractivity (Wildman–Crippen MR) is 66.1 cm³/mol. The third kappa shape index (κ3) is 2.34. The molecular formula is C11H11BrClNO. The minimum atomic E-state index is 0.134. The van der Waals surface area contributed by atoms with Crippen LogP contribution < -0.4 is 0 Å². The SMILES string of the molecule is CC1OC(c2ccc(Cl)cc2)=NC1CBr. The molecule has 0 saturated heterocycles. The van der Waals surface area contributed by atoms with E-state index in [0.717, 1.165) is 15.9 Å². The fourth-order valence-corrected chi connectivity index (χ4v) is 2.23. The molecule has 1 heterocycles. The van der Waals surface area contributed by atoms with E-state index in [1.54, 1.807) is 0 Å². The molecule has 1 aromatic carbocycles. The maximum Gasteiger partial charge on any atom is 0.216 e. The van der Waals surface area contributed by atoms with Crippen molar-refractivity contribution < 1.29 is 4.74 Å². The lowest BCUT2D eigenvalue weighted by molar-refractivity contribution is 0.221. The maximum absolute atomic E-state index is 5.81. The summed E-state index contributed by atoms with van der Waals surface area (Å²) >= 11 is 9.23. The average Bonchev–Trinajstić information content (AvgIpc) is 2.61. The topological polar surface area (TPSA) is 21.6 Å². The molecule has 0 aliphatic carbocycles. The third-order valence-corrected chi connectivity index (χ3v) is 3.29. The summed E-state index contributed by atoms with van der Waals surface area (Å²) < 4.78 is 5.67. The molecule has 0 amide bonds. The Morgan fingerprint density at radius 2 is 2.07 bits per heavy atom. The summed E-state index contributed by atoms with van der Waals surface area (Å²) in [6.07, 6.45) is 0.134. The van der Waals surface area contributed by atoms with Crippen LogP contribution in [0.2, 0.25) is 5.02 Å². The quantitative estimate of drug-likeness (QED) is 0.765. The summed E-state index contributed by atoms with van der Waals surface area (Å²) in [6.45, 7) is 2.03. The number of ether oxygens (including phenoxy) is 1. The van der Waals surface area contributed by atoms with Crippen LogP contribution in [0, 0.1) is 0 Å². The van der Waals surface area contributed by atoms with E-state index in [1.807, 2.05) is 31.2 Å². The minimum absolute atomic E-state index is 0.134. The van der Waals surface area contributed by atoms with Crippen molar-refractivity contribution in [3.05, 3.63) is 34.9 Å². The molecule has 0 saturated carbocycles.